The van der Waals surface area contributed by atoms with Gasteiger partial charge in [-0.25, -0.2) is 0 Å². The molecule has 0 bridgehead atoms. The van der Waals surface area contributed by atoms with Crippen molar-refractivity contribution >= 4 is 33.9 Å². The molecule has 1 aromatic heterocycles. The number of nitro groups is 1. The highest BCUT2D eigenvalue weighted by Gasteiger charge is 2.16. The van der Waals surface area contributed by atoms with Crippen LogP contribution in [0.15, 0.2) is 42.6 Å². The summed E-state index contributed by atoms with van der Waals surface area (Å²) in [6, 6.07) is 9.58. The number of rotatable bonds is 4. The van der Waals surface area contributed by atoms with E-state index in [1.165, 1.54) is 12.1 Å². The van der Waals surface area contributed by atoms with Gasteiger partial charge >= 0.3 is 0 Å². The van der Waals surface area contributed by atoms with Crippen LogP contribution in [0, 0.1) is 10.1 Å². The van der Waals surface area contributed by atoms with Crippen LogP contribution in [0.5, 0.6) is 0 Å². The highest BCUT2D eigenvalue weighted by molar-refractivity contribution is 6.05. The third-order valence-corrected chi connectivity index (χ3v) is 3.80. The largest absolute Gasteiger partial charge is 0.393 e. The second-order valence-corrected chi connectivity index (χ2v) is 5.96. The maximum atomic E-state index is 12.3. The number of fused-ring (bicyclic) bond motifs is 1. The van der Waals surface area contributed by atoms with Crippen LogP contribution >= 0.6 is 0 Å². The van der Waals surface area contributed by atoms with Crippen molar-refractivity contribution < 1.29 is 9.72 Å². The van der Waals surface area contributed by atoms with Gasteiger partial charge in [-0.05, 0) is 44.2 Å². The van der Waals surface area contributed by atoms with E-state index in [1.54, 1.807) is 12.1 Å². The van der Waals surface area contributed by atoms with Gasteiger partial charge in [0, 0.05) is 34.9 Å². The van der Waals surface area contributed by atoms with Gasteiger partial charge in [0.05, 0.1) is 10.4 Å². The fraction of sp³-hybridized carbons (Fsp3) is 0.176. The van der Waals surface area contributed by atoms with Gasteiger partial charge in [-0.2, -0.15) is 5.10 Å². The molecule has 0 saturated heterocycles. The SMILES string of the molecule is CC(C)n1cc2ccc(NC(=O)c3ccc(N)c([N+](=O)[O-])c3)cc2n1. The summed E-state index contributed by atoms with van der Waals surface area (Å²) in [6.07, 6.45) is 1.94. The lowest BCUT2D eigenvalue weighted by Gasteiger charge is -2.06. The van der Waals surface area contributed by atoms with Crippen molar-refractivity contribution in [2.24, 2.45) is 0 Å². The molecular formula is C17H17N5O3. The van der Waals surface area contributed by atoms with Gasteiger partial charge in [0.2, 0.25) is 0 Å². The van der Waals surface area contributed by atoms with Crippen molar-refractivity contribution in [2.45, 2.75) is 19.9 Å². The maximum absolute atomic E-state index is 12.3. The molecule has 3 N–H and O–H groups in total. The number of hydrogen-bond donors (Lipinski definition) is 2. The molecule has 0 fully saturated rings. The van der Waals surface area contributed by atoms with E-state index in [2.05, 4.69) is 10.4 Å². The van der Waals surface area contributed by atoms with Crippen LogP contribution in [0.3, 0.4) is 0 Å². The smallest absolute Gasteiger partial charge is 0.292 e. The molecule has 0 aliphatic carbocycles. The van der Waals surface area contributed by atoms with Crippen LogP contribution in [-0.2, 0) is 0 Å². The predicted octanol–water partition coefficient (Wildman–Crippen LogP) is 3.36. The number of carbonyl (C=O) groups is 1. The van der Waals surface area contributed by atoms with Crippen molar-refractivity contribution in [2.75, 3.05) is 11.1 Å². The molecule has 0 saturated carbocycles. The molecule has 8 heteroatoms. The summed E-state index contributed by atoms with van der Waals surface area (Å²) in [5, 5.41) is 19.1. The molecule has 0 radical (unpaired) electrons. The van der Waals surface area contributed by atoms with Crippen LogP contribution < -0.4 is 11.1 Å². The van der Waals surface area contributed by atoms with Crippen LogP contribution in [0.25, 0.3) is 10.9 Å². The monoisotopic (exact) mass is 339 g/mol. The van der Waals surface area contributed by atoms with E-state index in [9.17, 15) is 14.9 Å². The molecule has 25 heavy (non-hydrogen) atoms. The van der Waals surface area contributed by atoms with E-state index >= 15 is 0 Å². The average Bonchev–Trinajstić information content (AvgIpc) is 2.98. The average molecular weight is 339 g/mol. The molecule has 3 rings (SSSR count). The number of nitrogens with two attached hydrogens (primary N) is 1. The minimum atomic E-state index is -0.614. The highest BCUT2D eigenvalue weighted by atomic mass is 16.6. The van der Waals surface area contributed by atoms with Crippen LogP contribution in [0.4, 0.5) is 17.1 Å². The summed E-state index contributed by atoms with van der Waals surface area (Å²) in [4.78, 5) is 22.7. The number of aromatic nitrogens is 2. The highest BCUT2D eigenvalue weighted by Crippen LogP contribution is 2.24. The van der Waals surface area contributed by atoms with Gasteiger partial charge in [-0.15, -0.1) is 0 Å². The molecule has 8 nitrogen and oxygen atoms in total. The molecule has 1 heterocycles. The first kappa shape index (κ1) is 16.4. The zero-order valence-electron chi connectivity index (χ0n) is 13.8. The second kappa shape index (κ2) is 6.23. The van der Waals surface area contributed by atoms with Crippen molar-refractivity contribution in [1.82, 2.24) is 9.78 Å². The van der Waals surface area contributed by atoms with Crippen LogP contribution in [-0.4, -0.2) is 20.6 Å². The Balaban J connectivity index is 1.86. The fourth-order valence-corrected chi connectivity index (χ4v) is 2.42. The Labute approximate surface area is 143 Å². The standard InChI is InChI=1S/C17H17N5O3/c1-10(2)21-9-12-3-5-13(8-15(12)20-21)19-17(23)11-4-6-14(18)16(7-11)22(24)25/h3-10H,18H2,1-2H3,(H,19,23). The second-order valence-electron chi connectivity index (χ2n) is 5.96. The van der Waals surface area contributed by atoms with Crippen LogP contribution in [0.2, 0.25) is 0 Å². The van der Waals surface area contributed by atoms with Crippen molar-refractivity contribution in [1.29, 1.82) is 0 Å². The minimum Gasteiger partial charge on any atom is -0.393 e. The Morgan fingerprint density at radius 2 is 2.04 bits per heavy atom. The van der Waals surface area contributed by atoms with E-state index in [0.29, 0.717) is 5.69 Å². The summed E-state index contributed by atoms with van der Waals surface area (Å²) in [6.45, 7) is 4.06. The van der Waals surface area contributed by atoms with Gasteiger partial charge in [0.25, 0.3) is 11.6 Å². The zero-order valence-corrected chi connectivity index (χ0v) is 13.8. The third-order valence-electron chi connectivity index (χ3n) is 3.80. The number of nitrogen functional groups attached to an aromatic ring is 1. The Hall–Kier alpha value is -3.42. The molecule has 1 amide bonds. The van der Waals surface area contributed by atoms with Gasteiger partial charge in [-0.3, -0.25) is 19.6 Å². The first-order chi connectivity index (χ1) is 11.8. The molecule has 0 unspecified atom stereocenters. The molecular weight excluding hydrogens is 322 g/mol. The van der Waals surface area contributed by atoms with E-state index in [1.807, 2.05) is 30.8 Å². The van der Waals surface area contributed by atoms with E-state index in [4.69, 9.17) is 5.73 Å². The number of carbonyl (C=O) groups excluding carboxylic acids is 1. The summed E-state index contributed by atoms with van der Waals surface area (Å²) in [5.41, 5.74) is 6.75. The third kappa shape index (κ3) is 3.27. The van der Waals surface area contributed by atoms with Crippen LogP contribution in [0.1, 0.15) is 30.2 Å². The normalized spacial score (nSPS) is 11.0. The Kier molecular flexibility index (Phi) is 4.10. The lowest BCUT2D eigenvalue weighted by Crippen LogP contribution is -2.12. The Morgan fingerprint density at radius 3 is 2.72 bits per heavy atom. The summed E-state index contributed by atoms with van der Waals surface area (Å²) in [5.74, 6) is -0.453. The quantitative estimate of drug-likeness (QED) is 0.429. The first-order valence-electron chi connectivity index (χ1n) is 7.69. The summed E-state index contributed by atoms with van der Waals surface area (Å²) >= 11 is 0. The number of amides is 1. The lowest BCUT2D eigenvalue weighted by molar-refractivity contribution is -0.383. The zero-order chi connectivity index (χ0) is 18.1. The predicted molar refractivity (Wildman–Crippen MR) is 95.6 cm³/mol. The van der Waals surface area contributed by atoms with E-state index < -0.39 is 10.8 Å². The van der Waals surface area contributed by atoms with E-state index in [-0.39, 0.29) is 23.0 Å². The number of hydrogen-bond acceptors (Lipinski definition) is 5. The van der Waals surface area contributed by atoms with Crippen molar-refractivity contribution in [3.63, 3.8) is 0 Å². The summed E-state index contributed by atoms with van der Waals surface area (Å²) < 4.78 is 1.85. The van der Waals surface area contributed by atoms with Crippen molar-refractivity contribution in [3.05, 3.63) is 58.3 Å². The summed E-state index contributed by atoms with van der Waals surface area (Å²) in [7, 11) is 0. The van der Waals surface area contributed by atoms with Gasteiger partial charge in [-0.1, -0.05) is 0 Å². The Bertz CT molecular complexity index is 978. The first-order valence-corrected chi connectivity index (χ1v) is 7.69. The Morgan fingerprint density at radius 1 is 1.28 bits per heavy atom. The molecule has 2 aromatic carbocycles. The molecule has 0 aliphatic heterocycles. The topological polar surface area (TPSA) is 116 Å². The van der Waals surface area contributed by atoms with E-state index in [0.717, 1.165) is 17.0 Å². The van der Waals surface area contributed by atoms with Gasteiger partial charge < -0.3 is 11.1 Å². The molecule has 0 atom stereocenters. The van der Waals surface area contributed by atoms with Gasteiger partial charge in [0.1, 0.15) is 5.69 Å². The number of anilines is 2. The van der Waals surface area contributed by atoms with Crippen molar-refractivity contribution in [3.8, 4) is 0 Å². The molecule has 128 valence electrons. The van der Waals surface area contributed by atoms with Gasteiger partial charge in [0.15, 0.2) is 0 Å². The maximum Gasteiger partial charge on any atom is 0.292 e. The molecule has 0 spiro atoms. The number of nitrogens with zero attached hydrogens (tertiary/aromatic N) is 3. The number of nitrogens with one attached hydrogen (secondary N) is 1. The number of nitro benzene ring substituents is 1. The number of benzene rings is 2. The lowest BCUT2D eigenvalue weighted by atomic mass is 10.1. The fourth-order valence-electron chi connectivity index (χ4n) is 2.42. The molecule has 0 aliphatic rings. The molecule has 3 aromatic rings. The minimum absolute atomic E-state index is 0.0159.